The minimum Gasteiger partial charge on any atom is -0.378 e. The maximum atomic E-state index is 11.7. The van der Waals surface area contributed by atoms with Gasteiger partial charge in [0.25, 0.3) is 0 Å². The third-order valence-corrected chi connectivity index (χ3v) is 4.25. The van der Waals surface area contributed by atoms with E-state index in [0.717, 1.165) is 10.9 Å². The number of amides is 2. The van der Waals surface area contributed by atoms with Crippen molar-refractivity contribution >= 4 is 39.2 Å². The Morgan fingerprint density at radius 2 is 2.14 bits per heavy atom. The van der Waals surface area contributed by atoms with Crippen molar-refractivity contribution in [1.82, 2.24) is 5.32 Å². The fraction of sp³-hybridized carbons (Fsp3) is 0.533. The van der Waals surface area contributed by atoms with Gasteiger partial charge < -0.3 is 15.4 Å². The summed E-state index contributed by atoms with van der Waals surface area (Å²) in [5.74, 6) is 0. The lowest BCUT2D eigenvalue weighted by Gasteiger charge is -2.12. The Bertz CT molecular complexity index is 479. The zero-order chi connectivity index (χ0) is 15.1. The lowest BCUT2D eigenvalue weighted by atomic mass is 10.3. The van der Waals surface area contributed by atoms with Gasteiger partial charge >= 0.3 is 6.03 Å². The van der Waals surface area contributed by atoms with Gasteiger partial charge in [-0.1, -0.05) is 40.4 Å². The molecule has 0 aromatic heterocycles. The number of anilines is 1. The molecular formula is C15H20BrClN2O2. The van der Waals surface area contributed by atoms with Gasteiger partial charge in [0.2, 0.25) is 0 Å². The van der Waals surface area contributed by atoms with Gasteiger partial charge in [0, 0.05) is 17.6 Å². The van der Waals surface area contributed by atoms with Crippen molar-refractivity contribution in [2.24, 2.45) is 0 Å². The number of halogens is 2. The van der Waals surface area contributed by atoms with E-state index in [-0.39, 0.29) is 6.03 Å². The average Bonchev–Trinajstić information content (AvgIpc) is 2.95. The molecule has 116 valence electrons. The molecule has 1 fully saturated rings. The molecule has 21 heavy (non-hydrogen) atoms. The quantitative estimate of drug-likeness (QED) is 0.715. The molecule has 4 nitrogen and oxygen atoms in total. The van der Waals surface area contributed by atoms with Gasteiger partial charge in [-0.25, -0.2) is 4.79 Å². The third-order valence-electron chi connectivity index (χ3n) is 3.44. The first-order chi connectivity index (χ1) is 10.1. The zero-order valence-corrected chi connectivity index (χ0v) is 14.2. The summed E-state index contributed by atoms with van der Waals surface area (Å²) >= 11 is 9.36. The summed E-state index contributed by atoms with van der Waals surface area (Å²) in [6.45, 7) is 1.29. The van der Waals surface area contributed by atoms with Crippen LogP contribution in [-0.2, 0) is 4.74 Å². The van der Waals surface area contributed by atoms with E-state index in [2.05, 4.69) is 26.6 Å². The van der Waals surface area contributed by atoms with E-state index in [1.165, 1.54) is 25.7 Å². The van der Waals surface area contributed by atoms with Gasteiger partial charge in [-0.3, -0.25) is 0 Å². The monoisotopic (exact) mass is 374 g/mol. The van der Waals surface area contributed by atoms with Crippen LogP contribution in [0.4, 0.5) is 10.5 Å². The van der Waals surface area contributed by atoms with Crippen LogP contribution in [0, 0.1) is 0 Å². The number of ether oxygens (including phenoxy) is 1. The molecule has 1 saturated carbocycles. The summed E-state index contributed by atoms with van der Waals surface area (Å²) in [5, 5.41) is 6.03. The van der Waals surface area contributed by atoms with Crippen molar-refractivity contribution in [3.05, 3.63) is 27.7 Å². The summed E-state index contributed by atoms with van der Waals surface area (Å²) in [5.41, 5.74) is 0.597. The van der Waals surface area contributed by atoms with Crippen molar-refractivity contribution < 1.29 is 9.53 Å². The Balaban J connectivity index is 1.60. The van der Waals surface area contributed by atoms with E-state index >= 15 is 0 Å². The smallest absolute Gasteiger partial charge is 0.319 e. The van der Waals surface area contributed by atoms with Gasteiger partial charge in [0.1, 0.15) is 0 Å². The molecule has 0 aliphatic heterocycles. The molecule has 0 unspecified atom stereocenters. The van der Waals surface area contributed by atoms with Crippen LogP contribution < -0.4 is 10.6 Å². The van der Waals surface area contributed by atoms with E-state index in [0.29, 0.717) is 30.0 Å². The van der Waals surface area contributed by atoms with Crippen LogP contribution in [0.25, 0.3) is 0 Å². The van der Waals surface area contributed by atoms with Crippen LogP contribution in [0.15, 0.2) is 22.7 Å². The van der Waals surface area contributed by atoms with Gasteiger partial charge in [-0.15, -0.1) is 0 Å². The summed E-state index contributed by atoms with van der Waals surface area (Å²) in [6, 6.07) is 5.08. The SMILES string of the molecule is O=C(NCCCOC1CCCC1)Nc1ccc(Br)cc1Cl. The van der Waals surface area contributed by atoms with Crippen LogP contribution in [0.2, 0.25) is 5.02 Å². The maximum absolute atomic E-state index is 11.7. The van der Waals surface area contributed by atoms with Gasteiger partial charge in [-0.2, -0.15) is 0 Å². The second-order valence-corrected chi connectivity index (χ2v) is 6.46. The van der Waals surface area contributed by atoms with Crippen molar-refractivity contribution in [3.63, 3.8) is 0 Å². The van der Waals surface area contributed by atoms with Crippen LogP contribution in [0.1, 0.15) is 32.1 Å². The fourth-order valence-corrected chi connectivity index (χ4v) is 3.06. The fourth-order valence-electron chi connectivity index (χ4n) is 2.34. The first kappa shape index (κ1) is 16.6. The summed E-state index contributed by atoms with van der Waals surface area (Å²) in [4.78, 5) is 11.7. The van der Waals surface area contributed by atoms with Crippen molar-refractivity contribution in [2.45, 2.75) is 38.2 Å². The number of urea groups is 1. The van der Waals surface area contributed by atoms with Gasteiger partial charge in [0.05, 0.1) is 16.8 Å². The van der Waals surface area contributed by atoms with Crippen LogP contribution >= 0.6 is 27.5 Å². The molecule has 0 saturated heterocycles. The second-order valence-electron chi connectivity index (χ2n) is 5.14. The number of hydrogen-bond donors (Lipinski definition) is 2. The Hall–Kier alpha value is -0.780. The van der Waals surface area contributed by atoms with E-state index in [9.17, 15) is 4.79 Å². The minimum atomic E-state index is -0.250. The first-order valence-corrected chi connectivity index (χ1v) is 8.44. The van der Waals surface area contributed by atoms with Gasteiger partial charge in [-0.05, 0) is 37.5 Å². The molecule has 2 amide bonds. The van der Waals surface area contributed by atoms with Crippen molar-refractivity contribution in [3.8, 4) is 0 Å². The third kappa shape index (κ3) is 5.85. The Labute approximate surface area is 138 Å². The van der Waals surface area contributed by atoms with Crippen molar-refractivity contribution in [1.29, 1.82) is 0 Å². The summed E-state index contributed by atoms with van der Waals surface area (Å²) in [7, 11) is 0. The molecular weight excluding hydrogens is 356 g/mol. The number of carbonyl (C=O) groups excluding carboxylic acids is 1. The van der Waals surface area contributed by atoms with Crippen LogP contribution in [0.5, 0.6) is 0 Å². The number of carbonyl (C=O) groups is 1. The summed E-state index contributed by atoms with van der Waals surface area (Å²) < 4.78 is 6.61. The predicted octanol–water partition coefficient (Wildman–Crippen LogP) is 4.57. The van der Waals surface area contributed by atoms with Crippen LogP contribution in [0.3, 0.4) is 0 Å². The highest BCUT2D eigenvalue weighted by atomic mass is 79.9. The normalized spacial score (nSPS) is 15.1. The van der Waals surface area contributed by atoms with Gasteiger partial charge in [0.15, 0.2) is 0 Å². The van der Waals surface area contributed by atoms with Crippen molar-refractivity contribution in [2.75, 3.05) is 18.5 Å². The largest absolute Gasteiger partial charge is 0.378 e. The Kier molecular flexibility index (Phi) is 6.80. The molecule has 0 spiro atoms. The molecule has 0 heterocycles. The minimum absolute atomic E-state index is 0.250. The maximum Gasteiger partial charge on any atom is 0.319 e. The highest BCUT2D eigenvalue weighted by Gasteiger charge is 2.14. The Morgan fingerprint density at radius 1 is 1.38 bits per heavy atom. The molecule has 2 N–H and O–H groups in total. The lowest BCUT2D eigenvalue weighted by molar-refractivity contribution is 0.0572. The molecule has 1 aliphatic carbocycles. The zero-order valence-electron chi connectivity index (χ0n) is 11.8. The van der Waals surface area contributed by atoms with E-state index in [1.54, 1.807) is 12.1 Å². The number of benzene rings is 1. The summed E-state index contributed by atoms with van der Waals surface area (Å²) in [6.07, 6.45) is 6.16. The second kappa shape index (κ2) is 8.61. The lowest BCUT2D eigenvalue weighted by Crippen LogP contribution is -2.30. The average molecular weight is 376 g/mol. The first-order valence-electron chi connectivity index (χ1n) is 7.26. The highest BCUT2D eigenvalue weighted by Crippen LogP contribution is 2.25. The van der Waals surface area contributed by atoms with Crippen LogP contribution in [-0.4, -0.2) is 25.3 Å². The molecule has 1 aromatic carbocycles. The topological polar surface area (TPSA) is 50.4 Å². The molecule has 6 heteroatoms. The number of nitrogens with one attached hydrogen (secondary N) is 2. The standard InChI is InChI=1S/C15H20BrClN2O2/c16-11-6-7-14(13(17)10-11)19-15(20)18-8-3-9-21-12-4-1-2-5-12/h6-7,10,12H,1-5,8-9H2,(H2,18,19,20). The molecule has 0 atom stereocenters. The van der Waals surface area contributed by atoms with E-state index in [1.807, 2.05) is 6.07 Å². The molecule has 0 bridgehead atoms. The number of hydrogen-bond acceptors (Lipinski definition) is 2. The van der Waals surface area contributed by atoms with E-state index < -0.39 is 0 Å². The number of rotatable bonds is 6. The molecule has 1 aliphatic rings. The Morgan fingerprint density at radius 3 is 2.86 bits per heavy atom. The molecule has 2 rings (SSSR count). The predicted molar refractivity (Wildman–Crippen MR) is 89.0 cm³/mol. The highest BCUT2D eigenvalue weighted by molar-refractivity contribution is 9.10. The molecule has 1 aromatic rings. The molecule has 0 radical (unpaired) electrons. The van der Waals surface area contributed by atoms with E-state index in [4.69, 9.17) is 16.3 Å².